The predicted octanol–water partition coefficient (Wildman–Crippen LogP) is 1.85. The minimum absolute atomic E-state index is 0.199. The van der Waals surface area contributed by atoms with Crippen molar-refractivity contribution in [3.63, 3.8) is 0 Å². The van der Waals surface area contributed by atoms with E-state index in [9.17, 15) is 4.79 Å². The summed E-state index contributed by atoms with van der Waals surface area (Å²) >= 11 is 0. The van der Waals surface area contributed by atoms with Crippen LogP contribution < -0.4 is 5.32 Å². The van der Waals surface area contributed by atoms with Gasteiger partial charge in [-0.3, -0.25) is 9.89 Å². The molecule has 0 aromatic rings. The second kappa shape index (κ2) is 9.44. The molecular formula is C19H37N5O2. The lowest BCUT2D eigenvalue weighted by atomic mass is 10.00. The Balaban J connectivity index is 1.66. The van der Waals surface area contributed by atoms with E-state index in [1.165, 1.54) is 12.8 Å². The van der Waals surface area contributed by atoms with Crippen LogP contribution >= 0.6 is 0 Å². The maximum Gasteiger partial charge on any atom is 0.410 e. The first-order valence-electron chi connectivity index (χ1n) is 9.94. The van der Waals surface area contributed by atoms with E-state index in [4.69, 9.17) is 4.74 Å². The first-order valence-corrected chi connectivity index (χ1v) is 9.94. The lowest BCUT2D eigenvalue weighted by Crippen LogP contribution is -2.52. The third kappa shape index (κ3) is 6.67. The molecule has 2 aliphatic rings. The number of hydrogen-bond acceptors (Lipinski definition) is 4. The van der Waals surface area contributed by atoms with Crippen molar-refractivity contribution in [1.29, 1.82) is 0 Å². The molecule has 2 saturated heterocycles. The fourth-order valence-corrected chi connectivity index (χ4v) is 3.36. The molecule has 2 aliphatic heterocycles. The Morgan fingerprint density at radius 3 is 2.23 bits per heavy atom. The van der Waals surface area contributed by atoms with Gasteiger partial charge in [0.1, 0.15) is 5.60 Å². The van der Waals surface area contributed by atoms with Gasteiger partial charge in [0.15, 0.2) is 5.96 Å². The maximum absolute atomic E-state index is 12.1. The summed E-state index contributed by atoms with van der Waals surface area (Å²) < 4.78 is 5.45. The molecule has 7 heteroatoms. The molecule has 150 valence electrons. The van der Waals surface area contributed by atoms with Crippen LogP contribution in [0.1, 0.15) is 40.5 Å². The van der Waals surface area contributed by atoms with Crippen molar-refractivity contribution in [2.75, 3.05) is 59.4 Å². The van der Waals surface area contributed by atoms with Gasteiger partial charge in [-0.25, -0.2) is 4.79 Å². The van der Waals surface area contributed by atoms with Crippen molar-refractivity contribution in [3.8, 4) is 0 Å². The van der Waals surface area contributed by atoms with E-state index >= 15 is 0 Å². The minimum Gasteiger partial charge on any atom is -0.444 e. The van der Waals surface area contributed by atoms with E-state index < -0.39 is 5.60 Å². The Bertz CT molecular complexity index is 473. The fraction of sp³-hybridized carbons (Fsp3) is 0.895. The number of piperidine rings is 1. The van der Waals surface area contributed by atoms with Gasteiger partial charge in [0.05, 0.1) is 0 Å². The molecule has 0 radical (unpaired) electrons. The number of carbonyl (C=O) groups is 1. The highest BCUT2D eigenvalue weighted by Gasteiger charge is 2.25. The number of ether oxygens (including phenoxy) is 1. The first-order chi connectivity index (χ1) is 12.3. The van der Waals surface area contributed by atoms with E-state index in [1.807, 2.05) is 32.7 Å². The molecule has 2 heterocycles. The summed E-state index contributed by atoms with van der Waals surface area (Å²) in [5.74, 6) is 1.84. The lowest BCUT2D eigenvalue weighted by Gasteiger charge is -2.36. The number of guanidine groups is 1. The third-order valence-corrected chi connectivity index (χ3v) is 5.03. The molecule has 2 rings (SSSR count). The minimum atomic E-state index is -0.430. The highest BCUT2D eigenvalue weighted by atomic mass is 16.6. The van der Waals surface area contributed by atoms with Crippen LogP contribution in [0.2, 0.25) is 0 Å². The molecule has 0 aliphatic carbocycles. The molecule has 26 heavy (non-hydrogen) atoms. The van der Waals surface area contributed by atoms with E-state index in [-0.39, 0.29) is 6.09 Å². The third-order valence-electron chi connectivity index (χ3n) is 5.03. The molecule has 7 nitrogen and oxygen atoms in total. The number of nitrogens with zero attached hydrogens (tertiary/aromatic N) is 4. The van der Waals surface area contributed by atoms with Gasteiger partial charge in [-0.2, -0.15) is 0 Å². The molecule has 1 N–H and O–H groups in total. The van der Waals surface area contributed by atoms with E-state index in [2.05, 4.69) is 27.0 Å². The van der Waals surface area contributed by atoms with Gasteiger partial charge in [-0.15, -0.1) is 0 Å². The summed E-state index contributed by atoms with van der Waals surface area (Å²) in [6, 6.07) is 0. The van der Waals surface area contributed by atoms with Crippen LogP contribution in [0.25, 0.3) is 0 Å². The van der Waals surface area contributed by atoms with Gasteiger partial charge >= 0.3 is 6.09 Å². The highest BCUT2D eigenvalue weighted by Crippen LogP contribution is 2.16. The van der Waals surface area contributed by atoms with Crippen LogP contribution in [-0.4, -0.2) is 91.8 Å². The highest BCUT2D eigenvalue weighted by molar-refractivity contribution is 5.79. The Kier molecular flexibility index (Phi) is 7.55. The Labute approximate surface area is 158 Å². The van der Waals surface area contributed by atoms with Gasteiger partial charge in [-0.05, 0) is 39.5 Å². The van der Waals surface area contributed by atoms with Crippen LogP contribution in [-0.2, 0) is 4.74 Å². The van der Waals surface area contributed by atoms with Crippen LogP contribution in [0.15, 0.2) is 4.99 Å². The molecule has 0 spiro atoms. The number of rotatable bonds is 3. The van der Waals surface area contributed by atoms with Crippen LogP contribution in [0.5, 0.6) is 0 Å². The van der Waals surface area contributed by atoms with Gasteiger partial charge in [0.2, 0.25) is 0 Å². The summed E-state index contributed by atoms with van der Waals surface area (Å²) in [6.07, 6.45) is 2.29. The van der Waals surface area contributed by atoms with Crippen LogP contribution in [0.4, 0.5) is 4.79 Å². The van der Waals surface area contributed by atoms with Crippen molar-refractivity contribution in [1.82, 2.24) is 20.0 Å². The van der Waals surface area contributed by atoms with Crippen molar-refractivity contribution in [2.45, 2.75) is 46.1 Å². The van der Waals surface area contributed by atoms with E-state index in [0.717, 1.165) is 64.2 Å². The first kappa shape index (κ1) is 20.8. The van der Waals surface area contributed by atoms with Crippen molar-refractivity contribution in [2.24, 2.45) is 10.9 Å². The Morgan fingerprint density at radius 2 is 1.69 bits per heavy atom. The normalized spacial score (nSPS) is 21.0. The zero-order valence-electron chi connectivity index (χ0n) is 17.3. The molecule has 0 aromatic carbocycles. The zero-order chi connectivity index (χ0) is 19.2. The number of carbonyl (C=O) groups excluding carboxylic acids is 1. The van der Waals surface area contributed by atoms with Crippen LogP contribution in [0, 0.1) is 5.92 Å². The standard InChI is InChI=1S/C19H37N5O2/c1-16-6-9-23(10-7-16)17(20-5)21-8-11-22-12-14-24(15-13-22)18(25)26-19(2,3)4/h16H,6-15H2,1-5H3,(H,20,21). The number of hydrogen-bond donors (Lipinski definition) is 1. The number of amides is 1. The summed E-state index contributed by atoms with van der Waals surface area (Å²) in [6.45, 7) is 15.3. The summed E-state index contributed by atoms with van der Waals surface area (Å²) in [5.41, 5.74) is -0.430. The summed E-state index contributed by atoms with van der Waals surface area (Å²) in [5, 5.41) is 3.50. The topological polar surface area (TPSA) is 60.4 Å². The zero-order valence-corrected chi connectivity index (χ0v) is 17.3. The van der Waals surface area contributed by atoms with Gasteiger partial charge < -0.3 is 19.9 Å². The SMILES string of the molecule is CN=C(NCCN1CCN(C(=O)OC(C)(C)C)CC1)N1CCC(C)CC1. The van der Waals surface area contributed by atoms with Crippen LogP contribution in [0.3, 0.4) is 0 Å². The van der Waals surface area contributed by atoms with Crippen molar-refractivity contribution >= 4 is 12.1 Å². The quantitative estimate of drug-likeness (QED) is 0.609. The summed E-state index contributed by atoms with van der Waals surface area (Å²) in [7, 11) is 1.86. The fourth-order valence-electron chi connectivity index (χ4n) is 3.36. The average Bonchev–Trinajstić information content (AvgIpc) is 2.59. The molecule has 0 bridgehead atoms. The van der Waals surface area contributed by atoms with Gasteiger partial charge in [0, 0.05) is 59.4 Å². The Morgan fingerprint density at radius 1 is 1.08 bits per heavy atom. The van der Waals surface area contributed by atoms with Crippen molar-refractivity contribution in [3.05, 3.63) is 0 Å². The second-order valence-corrected chi connectivity index (χ2v) is 8.45. The number of nitrogens with one attached hydrogen (secondary N) is 1. The monoisotopic (exact) mass is 367 g/mol. The van der Waals surface area contributed by atoms with Gasteiger partial charge in [0.25, 0.3) is 0 Å². The molecular weight excluding hydrogens is 330 g/mol. The van der Waals surface area contributed by atoms with Gasteiger partial charge in [-0.1, -0.05) is 6.92 Å². The number of piperazine rings is 1. The summed E-state index contributed by atoms with van der Waals surface area (Å²) in [4.78, 5) is 23.1. The Hall–Kier alpha value is -1.50. The van der Waals surface area contributed by atoms with E-state index in [1.54, 1.807) is 0 Å². The predicted molar refractivity (Wildman–Crippen MR) is 106 cm³/mol. The largest absolute Gasteiger partial charge is 0.444 e. The molecule has 0 saturated carbocycles. The molecule has 2 fully saturated rings. The molecule has 0 unspecified atom stereocenters. The molecule has 1 amide bonds. The van der Waals surface area contributed by atoms with E-state index in [0.29, 0.717) is 0 Å². The van der Waals surface area contributed by atoms with Crippen molar-refractivity contribution < 1.29 is 9.53 Å². The average molecular weight is 368 g/mol. The lowest BCUT2D eigenvalue weighted by molar-refractivity contribution is 0.0147. The second-order valence-electron chi connectivity index (χ2n) is 8.45. The molecule has 0 atom stereocenters. The smallest absolute Gasteiger partial charge is 0.410 e. The number of aliphatic imine (C=N–C) groups is 1. The molecule has 0 aromatic heterocycles. The number of likely N-dealkylation sites (tertiary alicyclic amines) is 1. The maximum atomic E-state index is 12.1.